The number of benzene rings is 1. The van der Waals surface area contributed by atoms with Crippen molar-refractivity contribution in [2.75, 3.05) is 6.61 Å². The van der Waals surface area contributed by atoms with Gasteiger partial charge in [0.15, 0.2) is 0 Å². The Morgan fingerprint density at radius 2 is 1.95 bits per heavy atom. The van der Waals surface area contributed by atoms with E-state index in [1.165, 1.54) is 0 Å². The van der Waals surface area contributed by atoms with E-state index in [0.29, 0.717) is 31.0 Å². The van der Waals surface area contributed by atoms with Crippen LogP contribution in [0.5, 0.6) is 5.75 Å². The number of aliphatic carboxylic acids is 1. The van der Waals surface area contributed by atoms with Crippen LogP contribution < -0.4 is 10.1 Å². The van der Waals surface area contributed by atoms with Crippen molar-refractivity contribution in [3.05, 3.63) is 53.9 Å². The number of ether oxygens (including phenoxy) is 1. The zero-order chi connectivity index (χ0) is 15.8. The number of hydrogen-bond acceptors (Lipinski definition) is 3. The van der Waals surface area contributed by atoms with E-state index >= 15 is 0 Å². The summed E-state index contributed by atoms with van der Waals surface area (Å²) in [6.45, 7) is 0.798. The van der Waals surface area contributed by atoms with E-state index in [1.54, 1.807) is 30.5 Å². The SMILES string of the molecule is O=C(O)CCCOc1ccc(CNC(=O)c2ccc[nH]2)cc1. The van der Waals surface area contributed by atoms with Crippen LogP contribution in [0.15, 0.2) is 42.6 Å². The molecule has 116 valence electrons. The minimum atomic E-state index is -0.822. The Kier molecular flexibility index (Phi) is 5.59. The second-order valence-corrected chi connectivity index (χ2v) is 4.76. The number of amides is 1. The summed E-state index contributed by atoms with van der Waals surface area (Å²) in [4.78, 5) is 25.0. The van der Waals surface area contributed by atoms with E-state index in [0.717, 1.165) is 5.56 Å². The predicted molar refractivity (Wildman–Crippen MR) is 80.8 cm³/mol. The molecule has 0 bridgehead atoms. The summed E-state index contributed by atoms with van der Waals surface area (Å²) in [5, 5.41) is 11.3. The van der Waals surface area contributed by atoms with Crippen molar-refractivity contribution in [3.63, 3.8) is 0 Å². The Hall–Kier alpha value is -2.76. The molecular weight excluding hydrogens is 284 g/mol. The number of carbonyl (C=O) groups excluding carboxylic acids is 1. The second-order valence-electron chi connectivity index (χ2n) is 4.76. The van der Waals surface area contributed by atoms with Crippen LogP contribution in [0.3, 0.4) is 0 Å². The van der Waals surface area contributed by atoms with E-state index in [-0.39, 0.29) is 12.3 Å². The quantitative estimate of drug-likeness (QED) is 0.652. The van der Waals surface area contributed by atoms with Crippen LogP contribution in [-0.2, 0) is 11.3 Å². The van der Waals surface area contributed by atoms with Gasteiger partial charge in [-0.25, -0.2) is 0 Å². The highest BCUT2D eigenvalue weighted by atomic mass is 16.5. The number of carboxylic acid groups (broad SMARTS) is 1. The van der Waals surface area contributed by atoms with E-state index in [9.17, 15) is 9.59 Å². The molecule has 0 atom stereocenters. The van der Waals surface area contributed by atoms with Crippen molar-refractivity contribution in [2.45, 2.75) is 19.4 Å². The fraction of sp³-hybridized carbons (Fsp3) is 0.250. The molecule has 3 N–H and O–H groups in total. The Bertz CT molecular complexity index is 606. The number of aromatic amines is 1. The maximum absolute atomic E-state index is 11.8. The summed E-state index contributed by atoms with van der Waals surface area (Å²) in [5.41, 5.74) is 1.48. The van der Waals surface area contributed by atoms with Crippen molar-refractivity contribution in [1.82, 2.24) is 10.3 Å². The normalized spacial score (nSPS) is 10.2. The van der Waals surface area contributed by atoms with Crippen molar-refractivity contribution in [1.29, 1.82) is 0 Å². The monoisotopic (exact) mass is 302 g/mol. The Labute approximate surface area is 128 Å². The third kappa shape index (κ3) is 4.97. The van der Waals surface area contributed by atoms with E-state index in [2.05, 4.69) is 10.3 Å². The number of carboxylic acids is 1. The molecule has 0 aliphatic heterocycles. The highest BCUT2D eigenvalue weighted by Crippen LogP contribution is 2.12. The van der Waals surface area contributed by atoms with Gasteiger partial charge in [0.1, 0.15) is 11.4 Å². The van der Waals surface area contributed by atoms with Crippen LogP contribution in [0.4, 0.5) is 0 Å². The van der Waals surface area contributed by atoms with Crippen LogP contribution in [0.25, 0.3) is 0 Å². The van der Waals surface area contributed by atoms with Gasteiger partial charge < -0.3 is 20.1 Å². The van der Waals surface area contributed by atoms with Crippen molar-refractivity contribution < 1.29 is 19.4 Å². The standard InChI is InChI=1S/C16H18N2O4/c19-15(20)4-2-10-22-13-7-5-12(6-8-13)11-18-16(21)14-3-1-9-17-14/h1,3,5-9,17H,2,4,10-11H2,(H,18,21)(H,19,20). The first kappa shape index (κ1) is 15.6. The molecule has 0 saturated heterocycles. The third-order valence-electron chi connectivity index (χ3n) is 3.02. The lowest BCUT2D eigenvalue weighted by atomic mass is 10.2. The summed E-state index contributed by atoms with van der Waals surface area (Å²) < 4.78 is 5.44. The number of carbonyl (C=O) groups is 2. The Morgan fingerprint density at radius 3 is 2.59 bits per heavy atom. The summed E-state index contributed by atoms with van der Waals surface area (Å²) in [7, 11) is 0. The minimum absolute atomic E-state index is 0.100. The van der Waals surface area contributed by atoms with Crippen molar-refractivity contribution in [2.24, 2.45) is 0 Å². The first-order chi connectivity index (χ1) is 10.6. The average Bonchev–Trinajstić information content (AvgIpc) is 3.04. The molecule has 2 rings (SSSR count). The fourth-order valence-corrected chi connectivity index (χ4v) is 1.87. The fourth-order valence-electron chi connectivity index (χ4n) is 1.87. The lowest BCUT2D eigenvalue weighted by molar-refractivity contribution is -0.137. The first-order valence-corrected chi connectivity index (χ1v) is 7.00. The van der Waals surface area contributed by atoms with Crippen LogP contribution >= 0.6 is 0 Å². The summed E-state index contributed by atoms with van der Waals surface area (Å²) >= 11 is 0. The molecule has 0 saturated carbocycles. The molecule has 22 heavy (non-hydrogen) atoms. The van der Waals surface area contributed by atoms with Gasteiger partial charge in [-0.2, -0.15) is 0 Å². The zero-order valence-corrected chi connectivity index (χ0v) is 12.0. The smallest absolute Gasteiger partial charge is 0.303 e. The molecule has 0 aliphatic carbocycles. The van der Waals surface area contributed by atoms with Gasteiger partial charge in [0.05, 0.1) is 6.61 Å². The molecule has 0 fully saturated rings. The van der Waals surface area contributed by atoms with Crippen LogP contribution in [0.2, 0.25) is 0 Å². The van der Waals surface area contributed by atoms with Crippen LogP contribution in [0, 0.1) is 0 Å². The predicted octanol–water partition coefficient (Wildman–Crippen LogP) is 2.19. The van der Waals surface area contributed by atoms with Gasteiger partial charge in [-0.1, -0.05) is 12.1 Å². The molecule has 1 heterocycles. The first-order valence-electron chi connectivity index (χ1n) is 7.00. The average molecular weight is 302 g/mol. The van der Waals surface area contributed by atoms with Gasteiger partial charge in [0.25, 0.3) is 5.91 Å². The molecule has 0 spiro atoms. The van der Waals surface area contributed by atoms with Gasteiger partial charge in [-0.15, -0.1) is 0 Å². The molecule has 2 aromatic rings. The van der Waals surface area contributed by atoms with E-state index < -0.39 is 5.97 Å². The van der Waals surface area contributed by atoms with Gasteiger partial charge in [0, 0.05) is 19.2 Å². The van der Waals surface area contributed by atoms with Crippen molar-refractivity contribution in [3.8, 4) is 5.75 Å². The number of hydrogen-bond donors (Lipinski definition) is 3. The Balaban J connectivity index is 1.74. The maximum Gasteiger partial charge on any atom is 0.303 e. The molecule has 1 aromatic heterocycles. The Morgan fingerprint density at radius 1 is 1.18 bits per heavy atom. The highest BCUT2D eigenvalue weighted by Gasteiger charge is 2.05. The molecule has 0 radical (unpaired) electrons. The minimum Gasteiger partial charge on any atom is -0.494 e. The van der Waals surface area contributed by atoms with Gasteiger partial charge >= 0.3 is 5.97 Å². The highest BCUT2D eigenvalue weighted by molar-refractivity contribution is 5.92. The van der Waals surface area contributed by atoms with Gasteiger partial charge in [0.2, 0.25) is 0 Å². The third-order valence-corrected chi connectivity index (χ3v) is 3.02. The lowest BCUT2D eigenvalue weighted by Crippen LogP contribution is -2.22. The van der Waals surface area contributed by atoms with Gasteiger partial charge in [-0.05, 0) is 36.2 Å². The molecule has 1 aromatic carbocycles. The molecule has 0 unspecified atom stereocenters. The number of nitrogens with one attached hydrogen (secondary N) is 2. The van der Waals surface area contributed by atoms with Crippen molar-refractivity contribution >= 4 is 11.9 Å². The second kappa shape index (κ2) is 7.87. The van der Waals surface area contributed by atoms with E-state index in [1.807, 2.05) is 12.1 Å². The number of rotatable bonds is 8. The number of H-pyrrole nitrogens is 1. The lowest BCUT2D eigenvalue weighted by Gasteiger charge is -2.07. The van der Waals surface area contributed by atoms with Crippen LogP contribution in [-0.4, -0.2) is 28.6 Å². The topological polar surface area (TPSA) is 91.4 Å². The summed E-state index contributed by atoms with van der Waals surface area (Å²) in [6, 6.07) is 10.8. The summed E-state index contributed by atoms with van der Waals surface area (Å²) in [6.07, 6.45) is 2.28. The molecule has 0 aliphatic rings. The largest absolute Gasteiger partial charge is 0.494 e. The number of aromatic nitrogens is 1. The molecule has 1 amide bonds. The maximum atomic E-state index is 11.8. The van der Waals surface area contributed by atoms with Crippen LogP contribution in [0.1, 0.15) is 28.9 Å². The molecular formula is C16H18N2O4. The summed E-state index contributed by atoms with van der Waals surface area (Å²) in [5.74, 6) is -0.291. The molecule has 6 nitrogen and oxygen atoms in total. The van der Waals surface area contributed by atoms with E-state index in [4.69, 9.17) is 9.84 Å². The van der Waals surface area contributed by atoms with Gasteiger partial charge in [-0.3, -0.25) is 9.59 Å². The molecule has 6 heteroatoms. The zero-order valence-electron chi connectivity index (χ0n) is 12.0.